The molecule has 0 aliphatic heterocycles. The van der Waals surface area contributed by atoms with Gasteiger partial charge in [0.15, 0.2) is 0 Å². The van der Waals surface area contributed by atoms with E-state index < -0.39 is 0 Å². The molecule has 0 unspecified atom stereocenters. The van der Waals surface area contributed by atoms with Crippen molar-refractivity contribution in [3.63, 3.8) is 0 Å². The Bertz CT molecular complexity index is 787. The average Bonchev–Trinajstić information content (AvgIpc) is 2.72. The van der Waals surface area contributed by atoms with Crippen LogP contribution in [0.15, 0.2) is 60.7 Å². The van der Waals surface area contributed by atoms with Crippen LogP contribution in [0.5, 0.6) is 23.0 Å². The summed E-state index contributed by atoms with van der Waals surface area (Å²) in [5, 5.41) is 0. The first-order valence-corrected chi connectivity index (χ1v) is 8.26. The number of benzene rings is 3. The molecule has 0 aliphatic rings. The number of methoxy groups -OCH3 is 4. The predicted molar refractivity (Wildman–Crippen MR) is 104 cm³/mol. The number of hydrogen-bond acceptors (Lipinski definition) is 4. The lowest BCUT2D eigenvalue weighted by Crippen LogP contribution is -1.95. The summed E-state index contributed by atoms with van der Waals surface area (Å²) < 4.78 is 22.2. The highest BCUT2D eigenvalue weighted by atomic mass is 16.5. The normalized spacial score (nSPS) is 10.3. The van der Waals surface area contributed by atoms with E-state index in [0.29, 0.717) is 0 Å². The summed E-state index contributed by atoms with van der Waals surface area (Å²) in [6.07, 6.45) is 0. The molecule has 134 valence electrons. The topological polar surface area (TPSA) is 36.9 Å². The third-order valence-corrected chi connectivity index (χ3v) is 4.30. The molecule has 26 heavy (non-hydrogen) atoms. The van der Waals surface area contributed by atoms with Gasteiger partial charge in [-0.1, -0.05) is 30.3 Å². The Balaban J connectivity index is 2.21. The van der Waals surface area contributed by atoms with Gasteiger partial charge in [0, 0.05) is 0 Å². The van der Waals surface area contributed by atoms with Crippen molar-refractivity contribution >= 4 is 0 Å². The second-order valence-electron chi connectivity index (χ2n) is 5.66. The van der Waals surface area contributed by atoms with Crippen molar-refractivity contribution in [2.24, 2.45) is 0 Å². The third-order valence-electron chi connectivity index (χ3n) is 4.30. The molecular weight excluding hydrogens is 328 g/mol. The van der Waals surface area contributed by atoms with Crippen LogP contribution in [0.3, 0.4) is 0 Å². The van der Waals surface area contributed by atoms with Crippen LogP contribution in [-0.4, -0.2) is 28.4 Å². The van der Waals surface area contributed by atoms with Gasteiger partial charge in [-0.25, -0.2) is 0 Å². The van der Waals surface area contributed by atoms with Crippen molar-refractivity contribution in [2.45, 2.75) is 0 Å². The summed E-state index contributed by atoms with van der Waals surface area (Å²) in [6, 6.07) is 19.7. The Hall–Kier alpha value is -3.14. The molecule has 0 fully saturated rings. The molecule has 0 heterocycles. The summed E-state index contributed by atoms with van der Waals surface area (Å²) in [5.74, 6) is 3.03. The van der Waals surface area contributed by atoms with Crippen molar-refractivity contribution in [1.82, 2.24) is 0 Å². The van der Waals surface area contributed by atoms with E-state index in [2.05, 4.69) is 6.07 Å². The lowest BCUT2D eigenvalue weighted by atomic mass is 9.96. The molecule has 0 aromatic heterocycles. The monoisotopic (exact) mass is 350 g/mol. The van der Waals surface area contributed by atoms with E-state index in [1.807, 2.05) is 54.6 Å². The number of ether oxygens (including phenoxy) is 4. The molecule has 0 radical (unpaired) electrons. The van der Waals surface area contributed by atoms with Gasteiger partial charge in [0.05, 0.1) is 39.6 Å². The van der Waals surface area contributed by atoms with Gasteiger partial charge in [-0.15, -0.1) is 0 Å². The maximum atomic E-state index is 5.55. The Kier molecular flexibility index (Phi) is 5.32. The molecule has 0 saturated heterocycles. The molecule has 3 aromatic carbocycles. The molecule has 3 aromatic rings. The van der Waals surface area contributed by atoms with Crippen LogP contribution in [0.4, 0.5) is 0 Å². The minimum atomic E-state index is 0.758. The van der Waals surface area contributed by atoms with Crippen molar-refractivity contribution in [2.75, 3.05) is 28.4 Å². The highest BCUT2D eigenvalue weighted by molar-refractivity contribution is 5.84. The Morgan fingerprint density at radius 1 is 0.462 bits per heavy atom. The second kappa shape index (κ2) is 7.83. The minimum absolute atomic E-state index is 0.758. The molecule has 0 bridgehead atoms. The Morgan fingerprint density at radius 2 is 0.769 bits per heavy atom. The minimum Gasteiger partial charge on any atom is -0.496 e. The first-order valence-electron chi connectivity index (χ1n) is 8.26. The molecule has 0 amide bonds. The van der Waals surface area contributed by atoms with E-state index in [9.17, 15) is 0 Å². The van der Waals surface area contributed by atoms with Gasteiger partial charge in [0.1, 0.15) is 23.0 Å². The lowest BCUT2D eigenvalue weighted by molar-refractivity contribution is 0.397. The third kappa shape index (κ3) is 3.18. The number of hydrogen-bond donors (Lipinski definition) is 0. The van der Waals surface area contributed by atoms with Crippen LogP contribution in [0, 0.1) is 0 Å². The predicted octanol–water partition coefficient (Wildman–Crippen LogP) is 5.06. The fraction of sp³-hybridized carbons (Fsp3) is 0.182. The summed E-state index contributed by atoms with van der Waals surface area (Å²) in [5.41, 5.74) is 3.80. The van der Waals surface area contributed by atoms with Gasteiger partial charge in [-0.2, -0.15) is 0 Å². The first-order chi connectivity index (χ1) is 12.7. The molecule has 3 rings (SSSR count). The first kappa shape index (κ1) is 17.7. The van der Waals surface area contributed by atoms with Crippen molar-refractivity contribution < 1.29 is 18.9 Å². The summed E-state index contributed by atoms with van der Waals surface area (Å²) in [4.78, 5) is 0. The standard InChI is InChI=1S/C22H22O4/c1-23-17-10-6-11-18(24-2)21(17)15-8-5-9-16(14-15)22-19(25-3)12-7-13-20(22)26-4/h5-14H,1-4H3. The zero-order valence-electron chi connectivity index (χ0n) is 15.4. The molecule has 0 aliphatic carbocycles. The van der Waals surface area contributed by atoms with Crippen molar-refractivity contribution in [3.8, 4) is 45.3 Å². The fourth-order valence-electron chi connectivity index (χ4n) is 3.10. The van der Waals surface area contributed by atoms with Gasteiger partial charge in [-0.05, 0) is 41.5 Å². The summed E-state index contributed by atoms with van der Waals surface area (Å²) >= 11 is 0. The van der Waals surface area contributed by atoms with Gasteiger partial charge in [0.2, 0.25) is 0 Å². The Morgan fingerprint density at radius 3 is 1.08 bits per heavy atom. The maximum absolute atomic E-state index is 5.55. The maximum Gasteiger partial charge on any atom is 0.130 e. The average molecular weight is 350 g/mol. The highest BCUT2D eigenvalue weighted by Crippen LogP contribution is 2.43. The summed E-state index contributed by atoms with van der Waals surface area (Å²) in [6.45, 7) is 0. The van der Waals surface area contributed by atoms with Crippen LogP contribution in [0.1, 0.15) is 0 Å². The molecular formula is C22H22O4. The van der Waals surface area contributed by atoms with Crippen molar-refractivity contribution in [3.05, 3.63) is 60.7 Å². The molecule has 0 atom stereocenters. The van der Waals surface area contributed by atoms with E-state index in [4.69, 9.17) is 18.9 Å². The second-order valence-corrected chi connectivity index (χ2v) is 5.66. The van der Waals surface area contributed by atoms with Crippen LogP contribution in [0.2, 0.25) is 0 Å². The van der Waals surface area contributed by atoms with Crippen LogP contribution < -0.4 is 18.9 Å². The van der Waals surface area contributed by atoms with Crippen molar-refractivity contribution in [1.29, 1.82) is 0 Å². The summed E-state index contributed by atoms with van der Waals surface area (Å²) in [7, 11) is 6.63. The van der Waals surface area contributed by atoms with Crippen LogP contribution >= 0.6 is 0 Å². The smallest absolute Gasteiger partial charge is 0.130 e. The van der Waals surface area contributed by atoms with Gasteiger partial charge >= 0.3 is 0 Å². The van der Waals surface area contributed by atoms with E-state index in [-0.39, 0.29) is 0 Å². The van der Waals surface area contributed by atoms with Crippen LogP contribution in [0.25, 0.3) is 22.3 Å². The largest absolute Gasteiger partial charge is 0.496 e. The number of rotatable bonds is 6. The molecule has 4 heteroatoms. The molecule has 0 N–H and O–H groups in total. The van der Waals surface area contributed by atoms with E-state index in [1.165, 1.54) is 0 Å². The molecule has 0 saturated carbocycles. The van der Waals surface area contributed by atoms with E-state index >= 15 is 0 Å². The van der Waals surface area contributed by atoms with Crippen LogP contribution in [-0.2, 0) is 0 Å². The fourth-order valence-corrected chi connectivity index (χ4v) is 3.10. The van der Waals surface area contributed by atoms with E-state index in [1.54, 1.807) is 28.4 Å². The van der Waals surface area contributed by atoms with E-state index in [0.717, 1.165) is 45.3 Å². The zero-order valence-corrected chi connectivity index (χ0v) is 15.4. The van der Waals surface area contributed by atoms with Gasteiger partial charge in [0.25, 0.3) is 0 Å². The Labute approximate surface area is 153 Å². The molecule has 4 nitrogen and oxygen atoms in total. The zero-order chi connectivity index (χ0) is 18.5. The van der Waals surface area contributed by atoms with Gasteiger partial charge in [-0.3, -0.25) is 0 Å². The molecule has 0 spiro atoms. The lowest BCUT2D eigenvalue weighted by Gasteiger charge is -2.16. The highest BCUT2D eigenvalue weighted by Gasteiger charge is 2.16. The van der Waals surface area contributed by atoms with Gasteiger partial charge < -0.3 is 18.9 Å². The SMILES string of the molecule is COc1cccc(OC)c1-c1cccc(-c2c(OC)cccc2OC)c1. The quantitative estimate of drug-likeness (QED) is 0.623.